The predicted octanol–water partition coefficient (Wildman–Crippen LogP) is 3.63. The van der Waals surface area contributed by atoms with Crippen molar-refractivity contribution in [2.45, 2.75) is 32.9 Å². The highest BCUT2D eigenvalue weighted by molar-refractivity contribution is 5.62. The number of rotatable bonds is 7. The zero-order chi connectivity index (χ0) is 14.4. The monoisotopic (exact) mass is 273 g/mol. The molecule has 1 N–H and O–H groups in total. The first-order valence-electron chi connectivity index (χ1n) is 7.10. The van der Waals surface area contributed by atoms with Crippen LogP contribution in [-0.4, -0.2) is 19.8 Å². The molecular formula is C17H23NO2. The summed E-state index contributed by atoms with van der Waals surface area (Å²) in [5.74, 6) is 1.90. The van der Waals surface area contributed by atoms with Crippen LogP contribution in [0, 0.1) is 0 Å². The van der Waals surface area contributed by atoms with E-state index in [9.17, 15) is 0 Å². The maximum Gasteiger partial charge on any atom is 0.134 e. The van der Waals surface area contributed by atoms with Gasteiger partial charge < -0.3 is 14.5 Å². The molecule has 0 atom stereocenters. The molecule has 1 heterocycles. The molecule has 0 radical (unpaired) electrons. The summed E-state index contributed by atoms with van der Waals surface area (Å²) in [7, 11) is 1.73. The standard InChI is InChI=1S/C17H23NO2/c1-13(2)18-12-15-8-9-17(20-15)16-7-5-4-6-14(16)10-11-19-3/h4-9,13,18H,10-12H2,1-3H3. The van der Waals surface area contributed by atoms with Gasteiger partial charge in [-0.2, -0.15) is 0 Å². The SMILES string of the molecule is COCCc1ccccc1-c1ccc(CNC(C)C)o1. The van der Waals surface area contributed by atoms with Gasteiger partial charge in [0, 0.05) is 18.7 Å². The zero-order valence-electron chi connectivity index (χ0n) is 12.5. The smallest absolute Gasteiger partial charge is 0.134 e. The number of hydrogen-bond acceptors (Lipinski definition) is 3. The molecule has 3 heteroatoms. The lowest BCUT2D eigenvalue weighted by atomic mass is 10.0. The molecule has 0 saturated heterocycles. The topological polar surface area (TPSA) is 34.4 Å². The minimum atomic E-state index is 0.456. The van der Waals surface area contributed by atoms with Crippen LogP contribution in [0.3, 0.4) is 0 Å². The zero-order valence-corrected chi connectivity index (χ0v) is 12.5. The van der Waals surface area contributed by atoms with Crippen LogP contribution >= 0.6 is 0 Å². The highest BCUT2D eigenvalue weighted by atomic mass is 16.5. The van der Waals surface area contributed by atoms with E-state index in [1.165, 1.54) is 5.56 Å². The van der Waals surface area contributed by atoms with Gasteiger partial charge in [0.1, 0.15) is 11.5 Å². The molecule has 2 rings (SSSR count). The van der Waals surface area contributed by atoms with Crippen molar-refractivity contribution in [3.8, 4) is 11.3 Å². The quantitative estimate of drug-likeness (QED) is 0.836. The third-order valence-corrected chi connectivity index (χ3v) is 3.20. The summed E-state index contributed by atoms with van der Waals surface area (Å²) in [5, 5.41) is 3.36. The lowest BCUT2D eigenvalue weighted by Gasteiger charge is -2.07. The van der Waals surface area contributed by atoms with Crippen LogP contribution < -0.4 is 5.32 Å². The number of benzene rings is 1. The fraction of sp³-hybridized carbons (Fsp3) is 0.412. The number of ether oxygens (including phenoxy) is 1. The van der Waals surface area contributed by atoms with E-state index in [4.69, 9.17) is 9.15 Å². The lowest BCUT2D eigenvalue weighted by Crippen LogP contribution is -2.21. The number of methoxy groups -OCH3 is 1. The molecule has 0 bridgehead atoms. The summed E-state index contributed by atoms with van der Waals surface area (Å²) in [4.78, 5) is 0. The molecular weight excluding hydrogens is 250 g/mol. The van der Waals surface area contributed by atoms with Gasteiger partial charge in [-0.15, -0.1) is 0 Å². The predicted molar refractivity (Wildman–Crippen MR) is 81.7 cm³/mol. The Labute approximate surface area is 121 Å². The Morgan fingerprint density at radius 2 is 1.95 bits per heavy atom. The normalized spacial score (nSPS) is 11.2. The molecule has 0 spiro atoms. The fourth-order valence-corrected chi connectivity index (χ4v) is 2.11. The fourth-order valence-electron chi connectivity index (χ4n) is 2.11. The van der Waals surface area contributed by atoms with Gasteiger partial charge >= 0.3 is 0 Å². The minimum absolute atomic E-state index is 0.456. The molecule has 0 saturated carbocycles. The van der Waals surface area contributed by atoms with E-state index in [0.717, 1.165) is 36.7 Å². The first kappa shape index (κ1) is 14.8. The molecule has 20 heavy (non-hydrogen) atoms. The molecule has 0 amide bonds. The van der Waals surface area contributed by atoms with E-state index in [1.54, 1.807) is 7.11 Å². The van der Waals surface area contributed by atoms with Crippen molar-refractivity contribution in [3.05, 3.63) is 47.7 Å². The lowest BCUT2D eigenvalue weighted by molar-refractivity contribution is 0.202. The summed E-state index contributed by atoms with van der Waals surface area (Å²) >= 11 is 0. The van der Waals surface area contributed by atoms with Crippen LogP contribution in [-0.2, 0) is 17.7 Å². The molecule has 0 unspecified atom stereocenters. The third-order valence-electron chi connectivity index (χ3n) is 3.20. The van der Waals surface area contributed by atoms with Crippen LogP contribution in [0.5, 0.6) is 0 Å². The van der Waals surface area contributed by atoms with Crippen molar-refractivity contribution in [1.82, 2.24) is 5.32 Å². The summed E-state index contributed by atoms with van der Waals surface area (Å²) in [5.41, 5.74) is 2.41. The second kappa shape index (κ2) is 7.27. The average molecular weight is 273 g/mol. The largest absolute Gasteiger partial charge is 0.460 e. The van der Waals surface area contributed by atoms with Crippen LogP contribution in [0.1, 0.15) is 25.2 Å². The summed E-state index contributed by atoms with van der Waals surface area (Å²) in [6.45, 7) is 5.74. The van der Waals surface area contributed by atoms with Crippen molar-refractivity contribution in [1.29, 1.82) is 0 Å². The maximum atomic E-state index is 5.94. The van der Waals surface area contributed by atoms with E-state index in [0.29, 0.717) is 6.04 Å². The van der Waals surface area contributed by atoms with E-state index in [2.05, 4.69) is 37.4 Å². The number of hydrogen-bond donors (Lipinski definition) is 1. The first-order valence-corrected chi connectivity index (χ1v) is 7.10. The Morgan fingerprint density at radius 3 is 2.70 bits per heavy atom. The molecule has 0 aliphatic heterocycles. The summed E-state index contributed by atoms with van der Waals surface area (Å²) in [6.07, 6.45) is 0.896. The Balaban J connectivity index is 2.15. The highest BCUT2D eigenvalue weighted by Crippen LogP contribution is 2.26. The van der Waals surface area contributed by atoms with E-state index < -0.39 is 0 Å². The van der Waals surface area contributed by atoms with Gasteiger partial charge in [0.25, 0.3) is 0 Å². The van der Waals surface area contributed by atoms with Crippen LogP contribution in [0.2, 0.25) is 0 Å². The van der Waals surface area contributed by atoms with Crippen LogP contribution in [0.4, 0.5) is 0 Å². The molecule has 1 aromatic heterocycles. The van der Waals surface area contributed by atoms with Gasteiger partial charge in [-0.25, -0.2) is 0 Å². The van der Waals surface area contributed by atoms with Gasteiger partial charge in [0.2, 0.25) is 0 Å². The molecule has 1 aromatic carbocycles. The number of nitrogens with one attached hydrogen (secondary N) is 1. The van der Waals surface area contributed by atoms with Gasteiger partial charge in [0.05, 0.1) is 13.2 Å². The van der Waals surface area contributed by atoms with E-state index in [1.807, 2.05) is 18.2 Å². The summed E-state index contributed by atoms with van der Waals surface area (Å²) in [6, 6.07) is 12.9. The second-order valence-corrected chi connectivity index (χ2v) is 5.20. The average Bonchev–Trinajstić information content (AvgIpc) is 2.92. The van der Waals surface area contributed by atoms with E-state index >= 15 is 0 Å². The minimum Gasteiger partial charge on any atom is -0.460 e. The molecule has 0 aliphatic carbocycles. The van der Waals surface area contributed by atoms with E-state index in [-0.39, 0.29) is 0 Å². The Morgan fingerprint density at radius 1 is 1.15 bits per heavy atom. The Bertz CT molecular complexity index is 531. The number of furan rings is 1. The Kier molecular flexibility index (Phi) is 5.39. The summed E-state index contributed by atoms with van der Waals surface area (Å²) < 4.78 is 11.1. The maximum absolute atomic E-state index is 5.94. The van der Waals surface area contributed by atoms with Crippen LogP contribution in [0.25, 0.3) is 11.3 Å². The first-order chi connectivity index (χ1) is 9.70. The van der Waals surface area contributed by atoms with Crippen LogP contribution in [0.15, 0.2) is 40.8 Å². The van der Waals surface area contributed by atoms with Gasteiger partial charge in [-0.3, -0.25) is 0 Å². The van der Waals surface area contributed by atoms with Crippen molar-refractivity contribution in [2.75, 3.05) is 13.7 Å². The molecule has 2 aromatic rings. The molecule has 0 aliphatic rings. The Hall–Kier alpha value is -1.58. The molecule has 3 nitrogen and oxygen atoms in total. The van der Waals surface area contributed by atoms with Gasteiger partial charge in [0.15, 0.2) is 0 Å². The van der Waals surface area contributed by atoms with Crippen molar-refractivity contribution in [3.63, 3.8) is 0 Å². The van der Waals surface area contributed by atoms with Gasteiger partial charge in [-0.05, 0) is 24.1 Å². The highest BCUT2D eigenvalue weighted by Gasteiger charge is 2.09. The van der Waals surface area contributed by atoms with Crippen molar-refractivity contribution >= 4 is 0 Å². The van der Waals surface area contributed by atoms with Crippen molar-refractivity contribution < 1.29 is 9.15 Å². The molecule has 0 fully saturated rings. The molecule has 108 valence electrons. The van der Waals surface area contributed by atoms with Crippen molar-refractivity contribution in [2.24, 2.45) is 0 Å². The third kappa shape index (κ3) is 3.95. The van der Waals surface area contributed by atoms with Gasteiger partial charge in [-0.1, -0.05) is 38.1 Å². The second-order valence-electron chi connectivity index (χ2n) is 5.20.